The lowest BCUT2D eigenvalue weighted by atomic mass is 9.83. The summed E-state index contributed by atoms with van der Waals surface area (Å²) in [4.78, 5) is 44.4. The molecule has 1 aromatic carbocycles. The minimum absolute atomic E-state index is 0.0472. The smallest absolute Gasteiger partial charge is 0.323 e. The number of nitrogens with zero attached hydrogens (tertiary/aromatic N) is 4. The molecule has 34 heavy (non-hydrogen) atoms. The molecule has 2 bridgehead atoms. The topological polar surface area (TPSA) is 120 Å². The maximum atomic E-state index is 13.2. The van der Waals surface area contributed by atoms with E-state index < -0.39 is 6.03 Å². The maximum Gasteiger partial charge on any atom is 0.323 e. The predicted octanol–water partition coefficient (Wildman–Crippen LogP) is 3.02. The number of likely N-dealkylation sites (tertiary alicyclic amines) is 1. The van der Waals surface area contributed by atoms with Gasteiger partial charge in [-0.25, -0.2) is 4.79 Å². The van der Waals surface area contributed by atoms with Crippen LogP contribution in [0.4, 0.5) is 16.2 Å². The van der Waals surface area contributed by atoms with Gasteiger partial charge in [0.05, 0.1) is 17.2 Å². The lowest BCUT2D eigenvalue weighted by molar-refractivity contribution is 0.0594. The SMILES string of the molecule is N#Cc1cccc(NC(=O)Nc2ccc3n(c2=O)C[C@@H]2C[C@H]3CN(C(=O)c3cccnc3)C2)c1. The normalized spacial score (nSPS) is 18.4. The molecule has 2 aromatic heterocycles. The third kappa shape index (κ3) is 4.13. The zero-order chi connectivity index (χ0) is 23.7. The van der Waals surface area contributed by atoms with Crippen molar-refractivity contribution in [3.05, 3.63) is 88.1 Å². The van der Waals surface area contributed by atoms with E-state index in [2.05, 4.69) is 15.6 Å². The number of pyridine rings is 2. The summed E-state index contributed by atoms with van der Waals surface area (Å²) in [5.41, 5.74) is 2.24. The molecule has 0 spiro atoms. The van der Waals surface area contributed by atoms with Crippen LogP contribution in [0.5, 0.6) is 0 Å². The van der Waals surface area contributed by atoms with E-state index in [4.69, 9.17) is 5.26 Å². The van der Waals surface area contributed by atoms with Crippen molar-refractivity contribution in [1.82, 2.24) is 14.5 Å². The van der Waals surface area contributed by atoms with Gasteiger partial charge in [0.2, 0.25) is 0 Å². The number of nitriles is 1. The van der Waals surface area contributed by atoms with Crippen LogP contribution in [0.15, 0.2) is 65.7 Å². The third-order valence-corrected chi connectivity index (χ3v) is 6.30. The third-order valence-electron chi connectivity index (χ3n) is 6.30. The number of amides is 3. The molecule has 170 valence electrons. The number of hydrogen-bond donors (Lipinski definition) is 2. The number of aromatic nitrogens is 2. The molecular formula is C25H22N6O3. The molecule has 0 saturated carbocycles. The quantitative estimate of drug-likeness (QED) is 0.630. The lowest BCUT2D eigenvalue weighted by Gasteiger charge is -2.42. The van der Waals surface area contributed by atoms with Crippen LogP contribution in [-0.2, 0) is 6.54 Å². The molecule has 2 N–H and O–H groups in total. The Labute approximate surface area is 195 Å². The zero-order valence-electron chi connectivity index (χ0n) is 18.3. The van der Waals surface area contributed by atoms with Gasteiger partial charge < -0.3 is 20.1 Å². The first-order valence-electron chi connectivity index (χ1n) is 11.0. The molecule has 0 radical (unpaired) electrons. The highest BCUT2D eigenvalue weighted by Crippen LogP contribution is 2.36. The Bertz CT molecular complexity index is 1360. The minimum Gasteiger partial charge on any atom is -0.338 e. The Morgan fingerprint density at radius 2 is 1.94 bits per heavy atom. The summed E-state index contributed by atoms with van der Waals surface area (Å²) in [6.07, 6.45) is 4.13. The molecule has 9 heteroatoms. The van der Waals surface area contributed by atoms with Crippen molar-refractivity contribution in [1.29, 1.82) is 5.26 Å². The van der Waals surface area contributed by atoms with Gasteiger partial charge in [0.15, 0.2) is 0 Å². The summed E-state index contributed by atoms with van der Waals surface area (Å²) in [6, 6.07) is 15.0. The largest absolute Gasteiger partial charge is 0.338 e. The summed E-state index contributed by atoms with van der Waals surface area (Å²) >= 11 is 0. The van der Waals surface area contributed by atoms with Crippen molar-refractivity contribution in [3.63, 3.8) is 0 Å². The molecule has 5 rings (SSSR count). The number of hydrogen-bond acceptors (Lipinski definition) is 5. The van der Waals surface area contributed by atoms with Crippen LogP contribution in [0, 0.1) is 17.2 Å². The molecule has 0 aliphatic carbocycles. The number of rotatable bonds is 3. The summed E-state index contributed by atoms with van der Waals surface area (Å²) in [7, 11) is 0. The van der Waals surface area contributed by atoms with E-state index in [9.17, 15) is 14.4 Å². The van der Waals surface area contributed by atoms with Gasteiger partial charge in [0.1, 0.15) is 5.69 Å². The van der Waals surface area contributed by atoms with E-state index >= 15 is 0 Å². The number of anilines is 2. The molecule has 1 fully saturated rings. The van der Waals surface area contributed by atoms with E-state index in [1.807, 2.05) is 17.0 Å². The number of piperidine rings is 1. The van der Waals surface area contributed by atoms with Gasteiger partial charge in [-0.15, -0.1) is 0 Å². The zero-order valence-corrected chi connectivity index (χ0v) is 18.3. The van der Waals surface area contributed by atoms with Crippen molar-refractivity contribution in [2.45, 2.75) is 18.9 Å². The van der Waals surface area contributed by atoms with Gasteiger partial charge in [0.25, 0.3) is 11.5 Å². The number of carbonyl (C=O) groups is 2. The van der Waals surface area contributed by atoms with Gasteiger partial charge in [-0.2, -0.15) is 5.26 Å². The summed E-state index contributed by atoms with van der Waals surface area (Å²) in [5.74, 6) is 0.161. The van der Waals surface area contributed by atoms with Crippen molar-refractivity contribution in [3.8, 4) is 6.07 Å². The van der Waals surface area contributed by atoms with Crippen LogP contribution < -0.4 is 16.2 Å². The van der Waals surface area contributed by atoms with Crippen molar-refractivity contribution < 1.29 is 9.59 Å². The van der Waals surface area contributed by atoms with E-state index in [0.29, 0.717) is 36.4 Å². The Morgan fingerprint density at radius 1 is 1.06 bits per heavy atom. The van der Waals surface area contributed by atoms with Crippen LogP contribution in [0.3, 0.4) is 0 Å². The summed E-state index contributed by atoms with van der Waals surface area (Å²) < 4.78 is 1.72. The monoisotopic (exact) mass is 454 g/mol. The average Bonchev–Trinajstić information content (AvgIpc) is 2.86. The van der Waals surface area contributed by atoms with E-state index in [0.717, 1.165) is 12.1 Å². The Kier molecular flexibility index (Phi) is 5.55. The molecule has 2 aliphatic heterocycles. The highest BCUT2D eigenvalue weighted by Gasteiger charge is 2.37. The van der Waals surface area contributed by atoms with E-state index in [-0.39, 0.29) is 29.0 Å². The van der Waals surface area contributed by atoms with Crippen LogP contribution in [0.25, 0.3) is 0 Å². The highest BCUT2D eigenvalue weighted by atomic mass is 16.2. The Morgan fingerprint density at radius 3 is 2.74 bits per heavy atom. The number of urea groups is 1. The van der Waals surface area contributed by atoms with Crippen LogP contribution in [-0.4, -0.2) is 39.5 Å². The van der Waals surface area contributed by atoms with Crippen molar-refractivity contribution in [2.75, 3.05) is 23.7 Å². The molecule has 4 heterocycles. The van der Waals surface area contributed by atoms with Gasteiger partial charge >= 0.3 is 6.03 Å². The van der Waals surface area contributed by atoms with Gasteiger partial charge in [0, 0.05) is 49.3 Å². The number of fused-ring (bicyclic) bond motifs is 4. The second kappa shape index (κ2) is 8.83. The molecule has 2 aliphatic rings. The number of carbonyl (C=O) groups excluding carboxylic acids is 2. The first kappa shape index (κ1) is 21.4. The number of benzene rings is 1. The minimum atomic E-state index is -0.558. The molecule has 3 aromatic rings. The van der Waals surface area contributed by atoms with Gasteiger partial charge in [-0.05, 0) is 54.8 Å². The second-order valence-corrected chi connectivity index (χ2v) is 8.61. The Balaban J connectivity index is 1.32. The predicted molar refractivity (Wildman–Crippen MR) is 125 cm³/mol. The number of nitrogens with one attached hydrogen (secondary N) is 2. The molecular weight excluding hydrogens is 432 g/mol. The van der Waals surface area contributed by atoms with Gasteiger partial charge in [-0.3, -0.25) is 14.6 Å². The summed E-state index contributed by atoms with van der Waals surface area (Å²) in [5, 5.41) is 14.3. The molecule has 1 saturated heterocycles. The van der Waals surface area contributed by atoms with Crippen molar-refractivity contribution in [2.24, 2.45) is 5.92 Å². The highest BCUT2D eigenvalue weighted by molar-refractivity contribution is 5.99. The van der Waals surface area contributed by atoms with Gasteiger partial charge in [-0.1, -0.05) is 6.07 Å². The fraction of sp³-hybridized carbons (Fsp3) is 0.240. The van der Waals surface area contributed by atoms with E-state index in [1.165, 1.54) is 0 Å². The standard InChI is InChI=1S/C25H22N6O3/c26-11-16-3-1-5-20(10-16)28-25(34)29-21-6-7-22-19-9-17(14-31(22)24(21)33)13-30(15-19)23(32)18-4-2-8-27-12-18/h1-8,10,12,17,19H,9,13-15H2,(H2,28,29,34)/t17-,19+/m1/s1. The van der Waals surface area contributed by atoms with E-state index in [1.54, 1.807) is 59.4 Å². The molecule has 0 unspecified atom stereocenters. The van der Waals surface area contributed by atoms with Crippen LogP contribution >= 0.6 is 0 Å². The average molecular weight is 454 g/mol. The van der Waals surface area contributed by atoms with Crippen molar-refractivity contribution >= 4 is 23.3 Å². The molecule has 2 atom stereocenters. The fourth-order valence-corrected chi connectivity index (χ4v) is 4.83. The first-order valence-corrected chi connectivity index (χ1v) is 11.0. The van der Waals surface area contributed by atoms with Crippen LogP contribution in [0.2, 0.25) is 0 Å². The fourth-order valence-electron chi connectivity index (χ4n) is 4.83. The second-order valence-electron chi connectivity index (χ2n) is 8.61. The molecule has 3 amide bonds. The Hall–Kier alpha value is -4.45. The lowest BCUT2D eigenvalue weighted by Crippen LogP contribution is -2.49. The van der Waals surface area contributed by atoms with Crippen LogP contribution in [0.1, 0.15) is 34.0 Å². The summed E-state index contributed by atoms with van der Waals surface area (Å²) in [6.45, 7) is 1.60. The maximum absolute atomic E-state index is 13.2. The molecule has 9 nitrogen and oxygen atoms in total. The first-order chi connectivity index (χ1) is 16.5.